The Morgan fingerprint density at radius 2 is 1.97 bits per heavy atom. The molecule has 0 bridgehead atoms. The lowest BCUT2D eigenvalue weighted by atomic mass is 10.1. The van der Waals surface area contributed by atoms with E-state index in [-0.39, 0.29) is 10.9 Å². The molecule has 1 unspecified atom stereocenters. The van der Waals surface area contributed by atoms with Gasteiger partial charge in [0.2, 0.25) is 5.01 Å². The van der Waals surface area contributed by atoms with Crippen LogP contribution in [-0.2, 0) is 6.18 Å². The van der Waals surface area contributed by atoms with E-state index in [1.54, 1.807) is 6.92 Å². The number of carbonyl (C=O) groups is 2. The van der Waals surface area contributed by atoms with E-state index in [1.165, 1.54) is 11.8 Å². The van der Waals surface area contributed by atoms with Crippen molar-refractivity contribution in [3.63, 3.8) is 0 Å². The number of aromatic carboxylic acids is 1. The van der Waals surface area contributed by atoms with Gasteiger partial charge in [0, 0.05) is 24.3 Å². The maximum atomic E-state index is 13.9. The van der Waals surface area contributed by atoms with Crippen molar-refractivity contribution in [2.24, 2.45) is 0 Å². The number of rotatable bonds is 6. The van der Waals surface area contributed by atoms with Gasteiger partial charge in [-0.25, -0.2) is 14.8 Å². The second kappa shape index (κ2) is 9.39. The summed E-state index contributed by atoms with van der Waals surface area (Å²) >= 11 is 0.369. The topological polar surface area (TPSA) is 95.4 Å². The van der Waals surface area contributed by atoms with Gasteiger partial charge in [-0.3, -0.25) is 4.79 Å². The number of nitrogens with zero attached hydrogens (tertiary/aromatic N) is 3. The third-order valence-corrected chi connectivity index (χ3v) is 6.48. The van der Waals surface area contributed by atoms with Crippen molar-refractivity contribution in [2.75, 3.05) is 11.9 Å². The molecule has 14 heteroatoms. The third kappa shape index (κ3) is 5.26. The van der Waals surface area contributed by atoms with Gasteiger partial charge in [-0.15, -0.1) is 11.3 Å². The monoisotopic (exact) mass is 510 g/mol. The molecule has 0 spiro atoms. The molecule has 1 fully saturated rings. The minimum absolute atomic E-state index is 0.213. The number of pyridine rings is 1. The summed E-state index contributed by atoms with van der Waals surface area (Å²) in [5, 5.41) is 10.7. The molecule has 186 valence electrons. The van der Waals surface area contributed by atoms with Crippen LogP contribution in [0.3, 0.4) is 0 Å². The summed E-state index contributed by atoms with van der Waals surface area (Å²) in [5.74, 6) is -2.91. The van der Waals surface area contributed by atoms with Crippen molar-refractivity contribution in [3.8, 4) is 10.4 Å². The molecule has 0 radical (unpaired) electrons. The summed E-state index contributed by atoms with van der Waals surface area (Å²) in [7, 11) is 0. The maximum Gasteiger partial charge on any atom is 0.417 e. The molecular weight excluding hydrogens is 490 g/mol. The Bertz CT molecular complexity index is 1090. The average molecular weight is 510 g/mol. The summed E-state index contributed by atoms with van der Waals surface area (Å²) in [6.07, 6.45) is -8.18. The van der Waals surface area contributed by atoms with E-state index in [2.05, 4.69) is 9.97 Å². The maximum absolute atomic E-state index is 13.9. The second-order valence-electron chi connectivity index (χ2n) is 7.75. The Kier molecular flexibility index (Phi) is 7.10. The van der Waals surface area contributed by atoms with E-state index in [1.807, 2.05) is 5.32 Å². The number of halogens is 6. The van der Waals surface area contributed by atoms with Gasteiger partial charge in [0.05, 0.1) is 10.4 Å². The lowest BCUT2D eigenvalue weighted by Crippen LogP contribution is -2.35. The number of hydrogen-bond donors (Lipinski definition) is 2. The van der Waals surface area contributed by atoms with Crippen molar-refractivity contribution in [1.29, 1.82) is 0 Å². The van der Waals surface area contributed by atoms with Gasteiger partial charge in [0.25, 0.3) is 5.91 Å². The molecule has 2 atom stereocenters. The van der Waals surface area contributed by atoms with Crippen LogP contribution in [0.15, 0.2) is 12.3 Å². The van der Waals surface area contributed by atoms with E-state index >= 15 is 0 Å². The quantitative estimate of drug-likeness (QED) is 0.513. The van der Waals surface area contributed by atoms with E-state index in [4.69, 9.17) is 0 Å². The Hall–Kier alpha value is -2.90. The molecule has 7 nitrogen and oxygen atoms in total. The predicted molar refractivity (Wildman–Crippen MR) is 111 cm³/mol. The van der Waals surface area contributed by atoms with Gasteiger partial charge in [-0.1, -0.05) is 6.92 Å². The van der Waals surface area contributed by atoms with Crippen LogP contribution >= 0.6 is 11.3 Å². The first-order valence-corrected chi connectivity index (χ1v) is 11.0. The summed E-state index contributed by atoms with van der Waals surface area (Å²) in [6, 6.07) is -1.92. The highest BCUT2D eigenvalue weighted by Gasteiger charge is 2.41. The smallest absolute Gasteiger partial charge is 0.417 e. The SMILES string of the molecule is CCC(Nc1cc(C(F)(F)F)c(-c2sc(C(=O)O)nc2C(=O)N2CCC[C@@H]2C)cn1)C(F)(F)F. The van der Waals surface area contributed by atoms with Crippen LogP contribution in [0.4, 0.5) is 32.2 Å². The van der Waals surface area contributed by atoms with E-state index in [0.29, 0.717) is 43.0 Å². The molecule has 1 saturated heterocycles. The van der Waals surface area contributed by atoms with Crippen LogP contribution in [0, 0.1) is 0 Å². The Labute approximate surface area is 193 Å². The van der Waals surface area contributed by atoms with Gasteiger partial charge < -0.3 is 15.3 Å². The number of thiazole rings is 1. The number of amides is 1. The highest BCUT2D eigenvalue weighted by Crippen LogP contribution is 2.42. The number of carboxylic acid groups (broad SMARTS) is 1. The number of alkyl halides is 6. The Morgan fingerprint density at radius 1 is 1.29 bits per heavy atom. The molecule has 2 N–H and O–H groups in total. The molecule has 1 amide bonds. The highest BCUT2D eigenvalue weighted by molar-refractivity contribution is 7.17. The van der Waals surface area contributed by atoms with Crippen LogP contribution in [0.5, 0.6) is 0 Å². The third-order valence-electron chi connectivity index (χ3n) is 5.41. The van der Waals surface area contributed by atoms with Crippen molar-refractivity contribution in [3.05, 3.63) is 28.5 Å². The number of aromatic nitrogens is 2. The van der Waals surface area contributed by atoms with Gasteiger partial charge in [-0.05, 0) is 32.3 Å². The molecule has 0 saturated carbocycles. The van der Waals surface area contributed by atoms with E-state index in [0.717, 1.165) is 0 Å². The molecule has 1 aliphatic rings. The number of carbonyl (C=O) groups excluding carboxylic acids is 1. The molecule has 2 aromatic heterocycles. The van der Waals surface area contributed by atoms with Crippen molar-refractivity contribution in [1.82, 2.24) is 14.9 Å². The van der Waals surface area contributed by atoms with Crippen LogP contribution in [0.2, 0.25) is 0 Å². The predicted octanol–water partition coefficient (Wildman–Crippen LogP) is 5.30. The van der Waals surface area contributed by atoms with Crippen molar-refractivity contribution < 1.29 is 41.0 Å². The molecule has 0 aromatic carbocycles. The van der Waals surface area contributed by atoms with Crippen LogP contribution in [0.1, 0.15) is 59.0 Å². The number of hydrogen-bond acceptors (Lipinski definition) is 6. The fourth-order valence-electron chi connectivity index (χ4n) is 3.65. The lowest BCUT2D eigenvalue weighted by Gasteiger charge is -2.22. The van der Waals surface area contributed by atoms with Gasteiger partial charge in [0.15, 0.2) is 0 Å². The summed E-state index contributed by atoms with van der Waals surface area (Å²) < 4.78 is 81.0. The Morgan fingerprint density at radius 3 is 2.47 bits per heavy atom. The minimum Gasteiger partial charge on any atom is -0.476 e. The first-order chi connectivity index (χ1) is 15.7. The second-order valence-corrected chi connectivity index (χ2v) is 8.75. The number of likely N-dealkylation sites (tertiary alicyclic amines) is 1. The minimum atomic E-state index is -5.04. The summed E-state index contributed by atoms with van der Waals surface area (Å²) in [5.41, 5.74) is -2.48. The summed E-state index contributed by atoms with van der Waals surface area (Å²) in [6.45, 7) is 3.30. The molecule has 2 aromatic rings. The molecule has 34 heavy (non-hydrogen) atoms. The largest absolute Gasteiger partial charge is 0.476 e. The van der Waals surface area contributed by atoms with Crippen molar-refractivity contribution in [2.45, 2.75) is 57.5 Å². The standard InChI is InChI=1S/C20H20F6N4O3S/c1-3-12(20(24,25)26)28-13-7-11(19(21,22)23)10(8-27-13)15-14(29-16(34-15)18(32)33)17(31)30-6-4-5-9(30)2/h7-9,12H,3-6H2,1-2H3,(H,27,28)(H,32,33)/t9-,12?/m0/s1. The fourth-order valence-corrected chi connectivity index (χ4v) is 4.57. The zero-order chi connectivity index (χ0) is 25.4. The van der Waals surface area contributed by atoms with Gasteiger partial charge in [-0.2, -0.15) is 26.3 Å². The van der Waals surface area contributed by atoms with E-state index < -0.39 is 64.3 Å². The Balaban J connectivity index is 2.13. The number of anilines is 1. The molecular formula is C20H20F6N4O3S. The first kappa shape index (κ1) is 25.7. The zero-order valence-electron chi connectivity index (χ0n) is 17.9. The van der Waals surface area contributed by atoms with E-state index in [9.17, 15) is 41.0 Å². The zero-order valence-corrected chi connectivity index (χ0v) is 18.7. The molecule has 1 aliphatic heterocycles. The number of carboxylic acids is 1. The lowest BCUT2D eigenvalue weighted by molar-refractivity contribution is -0.142. The van der Waals surface area contributed by atoms with Crippen LogP contribution < -0.4 is 5.32 Å². The van der Waals surface area contributed by atoms with Gasteiger partial charge >= 0.3 is 18.3 Å². The highest BCUT2D eigenvalue weighted by atomic mass is 32.1. The van der Waals surface area contributed by atoms with Crippen molar-refractivity contribution >= 4 is 29.0 Å². The normalized spacial score (nSPS) is 17.6. The molecule has 3 rings (SSSR count). The van der Waals surface area contributed by atoms with Crippen LogP contribution in [-0.4, -0.2) is 56.7 Å². The van der Waals surface area contributed by atoms with Crippen LogP contribution in [0.25, 0.3) is 10.4 Å². The molecule has 0 aliphatic carbocycles. The average Bonchev–Trinajstić information content (AvgIpc) is 3.36. The van der Waals surface area contributed by atoms with Gasteiger partial charge in [0.1, 0.15) is 17.6 Å². The molecule has 3 heterocycles. The summed E-state index contributed by atoms with van der Waals surface area (Å²) in [4.78, 5) is 33.0. The first-order valence-electron chi connectivity index (χ1n) is 10.2. The number of nitrogens with one attached hydrogen (secondary N) is 1. The fraction of sp³-hybridized carbons (Fsp3) is 0.500.